The van der Waals surface area contributed by atoms with Gasteiger partial charge in [0.25, 0.3) is 0 Å². The molecule has 0 radical (unpaired) electrons. The molecule has 0 aliphatic heterocycles. The van der Waals surface area contributed by atoms with Crippen LogP contribution < -0.4 is 4.74 Å². The molecule has 1 heterocycles. The molecule has 1 aromatic carbocycles. The Kier molecular flexibility index (Phi) is 4.43. The van der Waals surface area contributed by atoms with Crippen LogP contribution in [0.1, 0.15) is 15.8 Å². The van der Waals surface area contributed by atoms with Crippen molar-refractivity contribution in [3.05, 3.63) is 51.2 Å². The highest BCUT2D eigenvalue weighted by Gasteiger charge is 2.13. The summed E-state index contributed by atoms with van der Waals surface area (Å²) in [4.78, 5) is 0.907. The molecule has 0 amide bonds. The SMILES string of the molecule is FC(F)Oc1ccc(C(Cl)c2ccc(Cl)s2)cc1. The minimum Gasteiger partial charge on any atom is -0.435 e. The highest BCUT2D eigenvalue weighted by molar-refractivity contribution is 7.16. The van der Waals surface area contributed by atoms with Crippen molar-refractivity contribution in [2.75, 3.05) is 0 Å². The van der Waals surface area contributed by atoms with Crippen molar-refractivity contribution in [1.82, 2.24) is 0 Å². The molecule has 96 valence electrons. The van der Waals surface area contributed by atoms with Gasteiger partial charge in [-0.05, 0) is 29.8 Å². The zero-order valence-corrected chi connectivity index (χ0v) is 11.3. The summed E-state index contributed by atoms with van der Waals surface area (Å²) in [5, 5.41) is -0.344. The van der Waals surface area contributed by atoms with E-state index in [1.165, 1.54) is 23.5 Å². The predicted octanol–water partition coefficient (Wildman–Crippen LogP) is 5.33. The van der Waals surface area contributed by atoms with Gasteiger partial charge in [-0.1, -0.05) is 23.7 Å². The van der Waals surface area contributed by atoms with Crippen LogP contribution in [0.4, 0.5) is 8.78 Å². The summed E-state index contributed by atoms with van der Waals surface area (Å²) in [5.74, 6) is 0.113. The lowest BCUT2D eigenvalue weighted by molar-refractivity contribution is -0.0498. The van der Waals surface area contributed by atoms with Crippen LogP contribution in [0.5, 0.6) is 5.75 Å². The fourth-order valence-electron chi connectivity index (χ4n) is 1.45. The van der Waals surface area contributed by atoms with E-state index in [0.717, 1.165) is 10.4 Å². The van der Waals surface area contributed by atoms with Crippen LogP contribution in [-0.2, 0) is 0 Å². The number of hydrogen-bond acceptors (Lipinski definition) is 2. The molecule has 1 aromatic heterocycles. The van der Waals surface area contributed by atoms with E-state index in [0.29, 0.717) is 4.34 Å². The normalized spacial score (nSPS) is 12.7. The smallest absolute Gasteiger partial charge is 0.387 e. The third kappa shape index (κ3) is 3.34. The van der Waals surface area contributed by atoms with Crippen LogP contribution in [-0.4, -0.2) is 6.61 Å². The maximum Gasteiger partial charge on any atom is 0.387 e. The van der Waals surface area contributed by atoms with E-state index in [1.54, 1.807) is 18.2 Å². The van der Waals surface area contributed by atoms with Gasteiger partial charge in [0.1, 0.15) is 5.75 Å². The van der Waals surface area contributed by atoms with Crippen molar-refractivity contribution in [3.8, 4) is 5.75 Å². The molecule has 6 heteroatoms. The average Bonchev–Trinajstić information content (AvgIpc) is 2.75. The Bertz CT molecular complexity index is 513. The molecule has 1 atom stereocenters. The second-order valence-corrected chi connectivity index (χ2v) is 5.64. The van der Waals surface area contributed by atoms with Crippen molar-refractivity contribution in [1.29, 1.82) is 0 Å². The molecule has 0 saturated heterocycles. The largest absolute Gasteiger partial charge is 0.435 e. The quantitative estimate of drug-likeness (QED) is 0.694. The van der Waals surface area contributed by atoms with Crippen molar-refractivity contribution in [2.45, 2.75) is 12.0 Å². The second kappa shape index (κ2) is 5.87. The molecule has 1 nitrogen and oxygen atoms in total. The molecule has 2 rings (SSSR count). The van der Waals surface area contributed by atoms with Crippen LogP contribution >= 0.6 is 34.5 Å². The van der Waals surface area contributed by atoms with Crippen LogP contribution in [0.2, 0.25) is 4.34 Å². The highest BCUT2D eigenvalue weighted by atomic mass is 35.5. The molecule has 0 N–H and O–H groups in total. The van der Waals surface area contributed by atoms with Gasteiger partial charge in [0.05, 0.1) is 9.71 Å². The minimum absolute atomic E-state index is 0.113. The first kappa shape index (κ1) is 13.6. The van der Waals surface area contributed by atoms with Crippen molar-refractivity contribution in [3.63, 3.8) is 0 Å². The zero-order chi connectivity index (χ0) is 13.1. The summed E-state index contributed by atoms with van der Waals surface area (Å²) in [6.45, 7) is -2.82. The van der Waals surface area contributed by atoms with E-state index < -0.39 is 6.61 Å². The molecule has 0 saturated carbocycles. The Balaban J connectivity index is 2.14. The lowest BCUT2D eigenvalue weighted by Gasteiger charge is -2.09. The Morgan fingerprint density at radius 2 is 1.72 bits per heavy atom. The van der Waals surface area contributed by atoms with E-state index in [4.69, 9.17) is 23.2 Å². The Hall–Kier alpha value is -0.840. The van der Waals surface area contributed by atoms with Crippen molar-refractivity contribution >= 4 is 34.5 Å². The molecular formula is C12H8Cl2F2OS. The Morgan fingerprint density at radius 3 is 2.22 bits per heavy atom. The molecule has 2 aromatic rings. The van der Waals surface area contributed by atoms with Gasteiger partial charge in [-0.3, -0.25) is 0 Å². The molecule has 1 unspecified atom stereocenters. The van der Waals surface area contributed by atoms with Crippen LogP contribution in [0, 0.1) is 0 Å². The van der Waals surface area contributed by atoms with Crippen molar-refractivity contribution in [2.24, 2.45) is 0 Å². The van der Waals surface area contributed by atoms with Gasteiger partial charge in [-0.25, -0.2) is 0 Å². The summed E-state index contributed by atoms with van der Waals surface area (Å²) >= 11 is 13.5. The lowest BCUT2D eigenvalue weighted by atomic mass is 10.1. The first-order valence-electron chi connectivity index (χ1n) is 5.00. The summed E-state index contributed by atoms with van der Waals surface area (Å²) < 4.78 is 28.9. The summed E-state index contributed by atoms with van der Waals surface area (Å²) in [7, 11) is 0. The molecule has 0 aliphatic carbocycles. The third-order valence-electron chi connectivity index (χ3n) is 2.24. The van der Waals surface area contributed by atoms with E-state index in [9.17, 15) is 8.78 Å². The van der Waals surface area contributed by atoms with Crippen LogP contribution in [0.3, 0.4) is 0 Å². The number of ether oxygens (including phenoxy) is 1. The highest BCUT2D eigenvalue weighted by Crippen LogP contribution is 2.35. The average molecular weight is 309 g/mol. The monoisotopic (exact) mass is 308 g/mol. The van der Waals surface area contributed by atoms with Crippen molar-refractivity contribution < 1.29 is 13.5 Å². The molecular weight excluding hydrogens is 301 g/mol. The zero-order valence-electron chi connectivity index (χ0n) is 8.95. The van der Waals surface area contributed by atoms with Gasteiger partial charge in [0.15, 0.2) is 0 Å². The lowest BCUT2D eigenvalue weighted by Crippen LogP contribution is -2.01. The van der Waals surface area contributed by atoms with Gasteiger partial charge in [-0.15, -0.1) is 22.9 Å². The number of alkyl halides is 3. The predicted molar refractivity (Wildman–Crippen MR) is 70.1 cm³/mol. The molecule has 18 heavy (non-hydrogen) atoms. The van der Waals surface area contributed by atoms with E-state index in [2.05, 4.69) is 4.74 Å². The van der Waals surface area contributed by atoms with E-state index >= 15 is 0 Å². The maximum atomic E-state index is 12.0. The number of thiophene rings is 1. The summed E-state index contributed by atoms with van der Waals surface area (Å²) in [6, 6.07) is 9.85. The fraction of sp³-hybridized carbons (Fsp3) is 0.167. The summed E-state index contributed by atoms with van der Waals surface area (Å²) in [5.41, 5.74) is 0.803. The van der Waals surface area contributed by atoms with E-state index in [-0.39, 0.29) is 11.1 Å². The standard InChI is InChI=1S/C12H8Cl2F2OS/c13-10-6-5-9(18-10)11(14)7-1-3-8(4-2-7)17-12(15)16/h1-6,11-12H. The third-order valence-corrected chi connectivity index (χ3v) is 4.15. The Morgan fingerprint density at radius 1 is 1.06 bits per heavy atom. The first-order chi connectivity index (χ1) is 8.56. The molecule has 0 aliphatic rings. The topological polar surface area (TPSA) is 9.23 Å². The molecule has 0 bridgehead atoms. The molecule has 0 spiro atoms. The Labute approximate surface area is 117 Å². The maximum absolute atomic E-state index is 12.0. The summed E-state index contributed by atoms with van der Waals surface area (Å²) in [6.07, 6.45) is 0. The fourth-order valence-corrected chi connectivity index (χ4v) is 2.87. The van der Waals surface area contributed by atoms with Crippen LogP contribution in [0.25, 0.3) is 0 Å². The van der Waals surface area contributed by atoms with Gasteiger partial charge in [0.2, 0.25) is 0 Å². The number of rotatable bonds is 4. The first-order valence-corrected chi connectivity index (χ1v) is 6.63. The molecule has 0 fully saturated rings. The minimum atomic E-state index is -2.82. The van der Waals surface area contributed by atoms with E-state index in [1.807, 2.05) is 6.07 Å². The number of halogens is 4. The number of benzene rings is 1. The van der Waals surface area contributed by atoms with Crippen LogP contribution in [0.15, 0.2) is 36.4 Å². The van der Waals surface area contributed by atoms with Gasteiger partial charge < -0.3 is 4.74 Å². The van der Waals surface area contributed by atoms with Gasteiger partial charge >= 0.3 is 6.61 Å². The van der Waals surface area contributed by atoms with Gasteiger partial charge in [-0.2, -0.15) is 8.78 Å². The number of hydrogen-bond donors (Lipinski definition) is 0. The second-order valence-electron chi connectivity index (χ2n) is 3.45. The van der Waals surface area contributed by atoms with Gasteiger partial charge in [0, 0.05) is 4.88 Å².